The Hall–Kier alpha value is -1.05. The summed E-state index contributed by atoms with van der Waals surface area (Å²) in [7, 11) is -3.56. The summed E-state index contributed by atoms with van der Waals surface area (Å²) < 4.78 is 28.3. The molecule has 1 aliphatic carbocycles. The maximum Gasteiger partial charge on any atom is 0.240 e. The second kappa shape index (κ2) is 7.45. The maximum atomic E-state index is 12.7. The summed E-state index contributed by atoms with van der Waals surface area (Å²) in [4.78, 5) is 12.9. The van der Waals surface area contributed by atoms with Crippen LogP contribution in [-0.2, 0) is 14.8 Å². The van der Waals surface area contributed by atoms with E-state index in [-0.39, 0.29) is 22.1 Å². The van der Waals surface area contributed by atoms with E-state index in [1.165, 1.54) is 31.0 Å². The van der Waals surface area contributed by atoms with Crippen molar-refractivity contribution in [1.29, 1.82) is 0 Å². The number of rotatable bonds is 3. The molecule has 24 heavy (non-hydrogen) atoms. The number of hydrogen-bond acceptors (Lipinski definition) is 4. The van der Waals surface area contributed by atoms with Crippen LogP contribution in [-0.4, -0.2) is 25.6 Å². The van der Waals surface area contributed by atoms with E-state index in [2.05, 4.69) is 10.0 Å². The van der Waals surface area contributed by atoms with Gasteiger partial charge in [-0.25, -0.2) is 13.1 Å². The van der Waals surface area contributed by atoms with Crippen LogP contribution < -0.4 is 10.0 Å². The predicted octanol–water partition coefficient (Wildman–Crippen LogP) is 3.51. The molecule has 0 unspecified atom stereocenters. The van der Waals surface area contributed by atoms with Crippen molar-refractivity contribution < 1.29 is 13.2 Å². The highest BCUT2D eigenvalue weighted by Gasteiger charge is 2.26. The number of benzene rings is 1. The number of thioether (sulfide) groups is 1. The van der Waals surface area contributed by atoms with Crippen LogP contribution in [0, 0.1) is 0 Å². The van der Waals surface area contributed by atoms with Gasteiger partial charge in [0.05, 0.1) is 15.8 Å². The summed E-state index contributed by atoms with van der Waals surface area (Å²) >= 11 is 1.45. The lowest BCUT2D eigenvalue weighted by atomic mass is 9.97. The first-order valence-corrected chi connectivity index (χ1v) is 11.0. The summed E-state index contributed by atoms with van der Waals surface area (Å²) in [5.41, 5.74) is 0.587. The monoisotopic (exact) mass is 368 g/mol. The smallest absolute Gasteiger partial charge is 0.240 e. The van der Waals surface area contributed by atoms with Gasteiger partial charge in [-0.05, 0) is 38.0 Å². The van der Waals surface area contributed by atoms with E-state index in [1.807, 2.05) is 6.92 Å². The van der Waals surface area contributed by atoms with E-state index in [1.54, 1.807) is 18.2 Å². The highest BCUT2D eigenvalue weighted by Crippen LogP contribution is 2.36. The number of carbonyl (C=O) groups is 1. The molecule has 132 valence electrons. The van der Waals surface area contributed by atoms with Gasteiger partial charge < -0.3 is 5.32 Å². The van der Waals surface area contributed by atoms with E-state index < -0.39 is 10.0 Å². The first-order valence-electron chi connectivity index (χ1n) is 8.59. The van der Waals surface area contributed by atoms with Crippen LogP contribution in [0.25, 0.3) is 0 Å². The molecule has 0 spiro atoms. The number of nitrogens with one attached hydrogen (secondary N) is 2. The number of sulfonamides is 1. The lowest BCUT2D eigenvalue weighted by molar-refractivity contribution is -0.115. The summed E-state index contributed by atoms with van der Waals surface area (Å²) in [6.07, 6.45) is 7.55. The van der Waals surface area contributed by atoms with E-state index in [4.69, 9.17) is 0 Å². The molecule has 5 nitrogen and oxygen atoms in total. The van der Waals surface area contributed by atoms with E-state index in [0.29, 0.717) is 5.69 Å². The molecule has 0 bridgehead atoms. The predicted molar refractivity (Wildman–Crippen MR) is 96.8 cm³/mol. The minimum atomic E-state index is -3.56. The molecule has 1 atom stereocenters. The van der Waals surface area contributed by atoms with Crippen LogP contribution in [0.1, 0.15) is 51.9 Å². The lowest BCUT2D eigenvalue weighted by Crippen LogP contribution is -2.35. The highest BCUT2D eigenvalue weighted by atomic mass is 32.2. The van der Waals surface area contributed by atoms with Crippen LogP contribution in [0.5, 0.6) is 0 Å². The standard InChI is InChI=1S/C17H24N2O3S2/c1-12-17(20)18-15-11-14(9-10-16(15)23-12)24(21,22)19-13-7-5-3-2-4-6-8-13/h9-13,19H,2-8H2,1H3,(H,18,20)/t12-/m1/s1. The minimum absolute atomic E-state index is 0.00956. The molecule has 1 aromatic rings. The zero-order valence-electron chi connectivity index (χ0n) is 13.9. The fourth-order valence-electron chi connectivity index (χ4n) is 3.22. The lowest BCUT2D eigenvalue weighted by Gasteiger charge is -2.23. The Morgan fingerprint density at radius 2 is 1.79 bits per heavy atom. The molecule has 1 saturated carbocycles. The van der Waals surface area contributed by atoms with Gasteiger partial charge in [0.15, 0.2) is 0 Å². The highest BCUT2D eigenvalue weighted by molar-refractivity contribution is 8.01. The Morgan fingerprint density at radius 3 is 2.50 bits per heavy atom. The first-order chi connectivity index (χ1) is 11.5. The largest absolute Gasteiger partial charge is 0.324 e. The Morgan fingerprint density at radius 1 is 1.12 bits per heavy atom. The second-order valence-corrected chi connectivity index (χ2v) is 9.67. The maximum absolute atomic E-state index is 12.7. The van der Waals surface area contributed by atoms with Crippen LogP contribution in [0.4, 0.5) is 5.69 Å². The quantitative estimate of drug-likeness (QED) is 0.856. The van der Waals surface area contributed by atoms with Crippen molar-refractivity contribution in [2.24, 2.45) is 0 Å². The third-order valence-electron chi connectivity index (χ3n) is 4.62. The molecule has 1 fully saturated rings. The molecule has 1 amide bonds. The molecular weight excluding hydrogens is 344 g/mol. The minimum Gasteiger partial charge on any atom is -0.324 e. The van der Waals surface area contributed by atoms with Gasteiger partial charge in [-0.1, -0.05) is 32.1 Å². The third kappa shape index (κ3) is 4.13. The number of anilines is 1. The van der Waals surface area contributed by atoms with Gasteiger partial charge in [0.1, 0.15) is 0 Å². The van der Waals surface area contributed by atoms with Crippen molar-refractivity contribution in [2.45, 2.75) is 73.0 Å². The average molecular weight is 369 g/mol. The van der Waals surface area contributed by atoms with Gasteiger partial charge in [-0.3, -0.25) is 4.79 Å². The fraction of sp³-hybridized carbons (Fsp3) is 0.588. The van der Waals surface area contributed by atoms with Crippen molar-refractivity contribution in [3.05, 3.63) is 18.2 Å². The van der Waals surface area contributed by atoms with Crippen LogP contribution in [0.3, 0.4) is 0 Å². The first kappa shape index (κ1) is 17.8. The molecule has 3 rings (SSSR count). The summed E-state index contributed by atoms with van der Waals surface area (Å²) in [5.74, 6) is -0.0879. The Labute approximate surface area is 148 Å². The van der Waals surface area contributed by atoms with Gasteiger partial charge in [0.25, 0.3) is 0 Å². The number of carbonyl (C=O) groups excluding carboxylic acids is 1. The summed E-state index contributed by atoms with van der Waals surface area (Å²) in [6.45, 7) is 1.84. The Balaban J connectivity index is 1.77. The van der Waals surface area contributed by atoms with E-state index >= 15 is 0 Å². The fourth-order valence-corrected chi connectivity index (χ4v) is 5.48. The number of amides is 1. The van der Waals surface area contributed by atoms with Crippen LogP contribution in [0.2, 0.25) is 0 Å². The van der Waals surface area contributed by atoms with Gasteiger partial charge in [0, 0.05) is 10.9 Å². The molecule has 2 N–H and O–H groups in total. The average Bonchev–Trinajstić information content (AvgIpc) is 2.50. The van der Waals surface area contributed by atoms with Crippen molar-refractivity contribution in [2.75, 3.05) is 5.32 Å². The van der Waals surface area contributed by atoms with E-state index in [0.717, 1.165) is 30.6 Å². The number of fused-ring (bicyclic) bond motifs is 1. The van der Waals surface area contributed by atoms with Crippen molar-refractivity contribution >= 4 is 33.4 Å². The molecule has 0 saturated heterocycles. The van der Waals surface area contributed by atoms with E-state index in [9.17, 15) is 13.2 Å². The molecule has 0 aromatic heterocycles. The molecule has 1 heterocycles. The molecule has 0 radical (unpaired) electrons. The van der Waals surface area contributed by atoms with Crippen molar-refractivity contribution in [1.82, 2.24) is 4.72 Å². The second-order valence-electron chi connectivity index (χ2n) is 6.57. The van der Waals surface area contributed by atoms with Crippen LogP contribution >= 0.6 is 11.8 Å². The Bertz CT molecular complexity index is 711. The Kier molecular flexibility index (Phi) is 5.52. The summed E-state index contributed by atoms with van der Waals surface area (Å²) in [5, 5.41) is 2.63. The molecular formula is C17H24N2O3S2. The normalized spacial score (nSPS) is 23.0. The third-order valence-corrected chi connectivity index (χ3v) is 7.31. The van der Waals surface area contributed by atoms with Crippen molar-refractivity contribution in [3.8, 4) is 0 Å². The molecule has 2 aliphatic rings. The topological polar surface area (TPSA) is 75.3 Å². The molecule has 7 heteroatoms. The zero-order valence-corrected chi connectivity index (χ0v) is 15.5. The number of hydrogen-bond donors (Lipinski definition) is 2. The van der Waals surface area contributed by atoms with Gasteiger partial charge in [-0.2, -0.15) is 0 Å². The van der Waals surface area contributed by atoms with Gasteiger partial charge in [0.2, 0.25) is 15.9 Å². The molecule has 1 aliphatic heterocycles. The van der Waals surface area contributed by atoms with Gasteiger partial charge >= 0.3 is 0 Å². The SMILES string of the molecule is C[C@H]1Sc2ccc(S(=O)(=O)NC3CCCCCCC3)cc2NC1=O. The van der Waals surface area contributed by atoms with Crippen molar-refractivity contribution in [3.63, 3.8) is 0 Å². The summed E-state index contributed by atoms with van der Waals surface area (Å²) in [6, 6.07) is 4.98. The van der Waals surface area contributed by atoms with Gasteiger partial charge in [-0.15, -0.1) is 11.8 Å². The zero-order chi connectivity index (χ0) is 17.2. The molecule has 1 aromatic carbocycles. The van der Waals surface area contributed by atoms with Crippen LogP contribution in [0.15, 0.2) is 28.0 Å².